The minimum atomic E-state index is 0.0129. The third-order valence-electron chi connectivity index (χ3n) is 4.23. The van der Waals surface area contributed by atoms with Gasteiger partial charge >= 0.3 is 0 Å². The first-order chi connectivity index (χ1) is 9.67. The molecule has 3 heteroatoms. The average Bonchev–Trinajstić information content (AvgIpc) is 2.50. The van der Waals surface area contributed by atoms with Crippen molar-refractivity contribution >= 4 is 0 Å². The van der Waals surface area contributed by atoms with Crippen LogP contribution in [0.1, 0.15) is 25.3 Å². The van der Waals surface area contributed by atoms with Gasteiger partial charge < -0.3 is 5.73 Å². The summed E-state index contributed by atoms with van der Waals surface area (Å²) in [6, 6.07) is 10.7. The van der Waals surface area contributed by atoms with Gasteiger partial charge in [0, 0.05) is 31.7 Å². The average molecular weight is 271 g/mol. The molecular weight excluding hydrogens is 246 g/mol. The summed E-state index contributed by atoms with van der Waals surface area (Å²) in [6.45, 7) is 5.82. The summed E-state index contributed by atoms with van der Waals surface area (Å²) in [5.41, 5.74) is 7.38. The van der Waals surface area contributed by atoms with E-state index < -0.39 is 0 Å². The first kappa shape index (κ1) is 15.1. The molecule has 108 valence electrons. The standard InChI is InChI=1S/C17H25N3/c1-3-15(2)19-17(14-18)9-11-20(12-10-17)13-16-7-5-4-6-8-16/h1,4-8,15,19H,9-14,18H2,2H3. The van der Waals surface area contributed by atoms with Gasteiger partial charge in [-0.2, -0.15) is 0 Å². The van der Waals surface area contributed by atoms with Gasteiger partial charge in [-0.25, -0.2) is 0 Å². The molecule has 0 saturated carbocycles. The fourth-order valence-electron chi connectivity index (χ4n) is 2.89. The summed E-state index contributed by atoms with van der Waals surface area (Å²) in [7, 11) is 0. The summed E-state index contributed by atoms with van der Waals surface area (Å²) < 4.78 is 0. The van der Waals surface area contributed by atoms with E-state index in [1.165, 1.54) is 5.56 Å². The molecule has 0 aliphatic carbocycles. The number of nitrogens with two attached hydrogens (primary N) is 1. The highest BCUT2D eigenvalue weighted by Crippen LogP contribution is 2.23. The SMILES string of the molecule is C#CC(C)NC1(CN)CCN(Cc2ccccc2)CC1. The van der Waals surface area contributed by atoms with Gasteiger partial charge in [0.05, 0.1) is 6.04 Å². The molecule has 1 aromatic carbocycles. The van der Waals surface area contributed by atoms with Crippen LogP contribution in [0.4, 0.5) is 0 Å². The number of hydrogen-bond acceptors (Lipinski definition) is 3. The molecule has 1 aromatic rings. The second-order valence-corrected chi connectivity index (χ2v) is 5.78. The zero-order valence-corrected chi connectivity index (χ0v) is 12.3. The number of hydrogen-bond donors (Lipinski definition) is 2. The lowest BCUT2D eigenvalue weighted by Crippen LogP contribution is -2.59. The van der Waals surface area contributed by atoms with Gasteiger partial charge in [-0.3, -0.25) is 10.2 Å². The molecule has 1 aliphatic heterocycles. The summed E-state index contributed by atoms with van der Waals surface area (Å²) >= 11 is 0. The summed E-state index contributed by atoms with van der Waals surface area (Å²) in [4.78, 5) is 2.49. The van der Waals surface area contributed by atoms with Crippen LogP contribution < -0.4 is 11.1 Å². The summed E-state index contributed by atoms with van der Waals surface area (Å²) in [5, 5.41) is 3.53. The molecule has 0 amide bonds. The Morgan fingerprint density at radius 2 is 2.00 bits per heavy atom. The lowest BCUT2D eigenvalue weighted by molar-refractivity contribution is 0.130. The van der Waals surface area contributed by atoms with E-state index in [4.69, 9.17) is 12.2 Å². The number of terminal acetylenes is 1. The Hall–Kier alpha value is -1.34. The van der Waals surface area contributed by atoms with Crippen molar-refractivity contribution in [2.45, 2.75) is 37.9 Å². The van der Waals surface area contributed by atoms with Crippen molar-refractivity contribution in [3.8, 4) is 12.3 Å². The Morgan fingerprint density at radius 1 is 1.35 bits per heavy atom. The van der Waals surface area contributed by atoms with E-state index in [0.29, 0.717) is 6.54 Å². The zero-order valence-electron chi connectivity index (χ0n) is 12.3. The van der Waals surface area contributed by atoms with E-state index >= 15 is 0 Å². The summed E-state index contributed by atoms with van der Waals surface area (Å²) in [5.74, 6) is 2.74. The van der Waals surface area contributed by atoms with Crippen LogP contribution in [0.25, 0.3) is 0 Å². The lowest BCUT2D eigenvalue weighted by atomic mass is 9.86. The molecule has 1 heterocycles. The maximum Gasteiger partial charge on any atom is 0.0663 e. The predicted octanol–water partition coefficient (Wildman–Crippen LogP) is 1.59. The minimum Gasteiger partial charge on any atom is -0.329 e. The molecular formula is C17H25N3. The highest BCUT2D eigenvalue weighted by Gasteiger charge is 2.33. The quantitative estimate of drug-likeness (QED) is 0.799. The van der Waals surface area contributed by atoms with Gasteiger partial charge in [0.25, 0.3) is 0 Å². The van der Waals surface area contributed by atoms with E-state index in [1.807, 2.05) is 6.92 Å². The van der Waals surface area contributed by atoms with Crippen LogP contribution in [0.15, 0.2) is 30.3 Å². The van der Waals surface area contributed by atoms with Crippen LogP contribution in [-0.2, 0) is 6.54 Å². The third kappa shape index (κ3) is 3.83. The number of rotatable bonds is 5. The fourth-order valence-corrected chi connectivity index (χ4v) is 2.89. The van der Waals surface area contributed by atoms with Gasteiger partial charge in [-0.1, -0.05) is 36.3 Å². The van der Waals surface area contributed by atoms with E-state index in [0.717, 1.165) is 32.5 Å². The minimum absolute atomic E-state index is 0.0129. The topological polar surface area (TPSA) is 41.3 Å². The van der Waals surface area contributed by atoms with Crippen LogP contribution in [-0.4, -0.2) is 36.1 Å². The number of benzene rings is 1. The Bertz CT molecular complexity index is 441. The molecule has 20 heavy (non-hydrogen) atoms. The Balaban J connectivity index is 1.89. The van der Waals surface area contributed by atoms with Crippen molar-refractivity contribution in [2.24, 2.45) is 5.73 Å². The molecule has 0 bridgehead atoms. The van der Waals surface area contributed by atoms with Gasteiger partial charge in [0.2, 0.25) is 0 Å². The molecule has 1 fully saturated rings. The maximum absolute atomic E-state index is 5.99. The first-order valence-corrected chi connectivity index (χ1v) is 7.38. The molecule has 1 saturated heterocycles. The van der Waals surface area contributed by atoms with Crippen molar-refractivity contribution in [3.63, 3.8) is 0 Å². The molecule has 2 rings (SSSR count). The molecule has 0 aromatic heterocycles. The monoisotopic (exact) mass is 271 g/mol. The summed E-state index contributed by atoms with van der Waals surface area (Å²) in [6.07, 6.45) is 7.58. The molecule has 1 unspecified atom stereocenters. The van der Waals surface area contributed by atoms with Crippen LogP contribution in [0.5, 0.6) is 0 Å². The van der Waals surface area contributed by atoms with Crippen molar-refractivity contribution < 1.29 is 0 Å². The van der Waals surface area contributed by atoms with Crippen LogP contribution in [0, 0.1) is 12.3 Å². The highest BCUT2D eigenvalue weighted by molar-refractivity contribution is 5.14. The van der Waals surface area contributed by atoms with Crippen LogP contribution in [0.3, 0.4) is 0 Å². The third-order valence-corrected chi connectivity index (χ3v) is 4.23. The normalized spacial score (nSPS) is 20.2. The van der Waals surface area contributed by atoms with Crippen LogP contribution >= 0.6 is 0 Å². The van der Waals surface area contributed by atoms with Gasteiger partial charge in [-0.15, -0.1) is 6.42 Å². The van der Waals surface area contributed by atoms with Crippen LogP contribution in [0.2, 0.25) is 0 Å². The first-order valence-electron chi connectivity index (χ1n) is 7.38. The van der Waals surface area contributed by atoms with E-state index in [2.05, 4.69) is 46.5 Å². The second kappa shape index (κ2) is 6.90. The van der Waals surface area contributed by atoms with E-state index in [9.17, 15) is 0 Å². The van der Waals surface area contributed by atoms with E-state index in [1.54, 1.807) is 0 Å². The Kier molecular flexibility index (Phi) is 5.19. The molecule has 3 N–H and O–H groups in total. The van der Waals surface area contributed by atoms with E-state index in [-0.39, 0.29) is 11.6 Å². The molecule has 0 spiro atoms. The second-order valence-electron chi connectivity index (χ2n) is 5.78. The fraction of sp³-hybridized carbons (Fsp3) is 0.529. The molecule has 0 radical (unpaired) electrons. The molecule has 3 nitrogen and oxygen atoms in total. The van der Waals surface area contributed by atoms with Gasteiger partial charge in [0.15, 0.2) is 0 Å². The van der Waals surface area contributed by atoms with Crippen molar-refractivity contribution in [3.05, 3.63) is 35.9 Å². The Labute approximate surface area is 122 Å². The van der Waals surface area contributed by atoms with Crippen molar-refractivity contribution in [1.29, 1.82) is 0 Å². The smallest absolute Gasteiger partial charge is 0.0663 e. The maximum atomic E-state index is 5.99. The van der Waals surface area contributed by atoms with Gasteiger partial charge in [-0.05, 0) is 25.3 Å². The number of nitrogens with zero attached hydrogens (tertiary/aromatic N) is 1. The van der Waals surface area contributed by atoms with Gasteiger partial charge in [0.1, 0.15) is 0 Å². The number of likely N-dealkylation sites (tertiary alicyclic amines) is 1. The highest BCUT2D eigenvalue weighted by atomic mass is 15.2. The Morgan fingerprint density at radius 3 is 2.55 bits per heavy atom. The zero-order chi connectivity index (χ0) is 14.4. The molecule has 1 atom stereocenters. The number of piperidine rings is 1. The number of nitrogens with one attached hydrogen (secondary N) is 1. The van der Waals surface area contributed by atoms with Crippen molar-refractivity contribution in [1.82, 2.24) is 10.2 Å². The van der Waals surface area contributed by atoms with Crippen molar-refractivity contribution in [2.75, 3.05) is 19.6 Å². The lowest BCUT2D eigenvalue weighted by Gasteiger charge is -2.43. The molecule has 1 aliphatic rings. The largest absolute Gasteiger partial charge is 0.329 e. The predicted molar refractivity (Wildman–Crippen MR) is 84.2 cm³/mol.